The summed E-state index contributed by atoms with van der Waals surface area (Å²) >= 11 is 0. The van der Waals surface area contributed by atoms with Crippen LogP contribution in [-0.2, 0) is 9.73 Å². The van der Waals surface area contributed by atoms with E-state index in [1.165, 1.54) is 0 Å². The van der Waals surface area contributed by atoms with Crippen molar-refractivity contribution in [3.05, 3.63) is 0 Å². The van der Waals surface area contributed by atoms with Crippen LogP contribution in [0.4, 0.5) is 0 Å². The average molecular weight is 176 g/mol. The molecular formula is C7H16N2OS. The van der Waals surface area contributed by atoms with Gasteiger partial charge in [0, 0.05) is 22.2 Å². The van der Waals surface area contributed by atoms with Crippen LogP contribution in [0.15, 0.2) is 4.36 Å². The number of nitrogens with one attached hydrogen (secondary N) is 1. The molecule has 1 N–H and O–H groups in total. The highest BCUT2D eigenvalue weighted by molar-refractivity contribution is 7.92. The standard InChI is InChI=1S/C7H16N2OS/c1-11(2,10)9-7-3-5-8-6-4-7/h7-8H,3-6H2,1-2H3. The van der Waals surface area contributed by atoms with Gasteiger partial charge in [-0.1, -0.05) is 0 Å². The minimum absolute atomic E-state index is 0.332. The van der Waals surface area contributed by atoms with E-state index in [4.69, 9.17) is 0 Å². The van der Waals surface area contributed by atoms with E-state index in [-0.39, 0.29) is 0 Å². The molecule has 0 spiro atoms. The summed E-state index contributed by atoms with van der Waals surface area (Å²) in [5.41, 5.74) is 0. The monoisotopic (exact) mass is 176 g/mol. The summed E-state index contributed by atoms with van der Waals surface area (Å²) in [7, 11) is -1.88. The van der Waals surface area contributed by atoms with Crippen molar-refractivity contribution in [2.45, 2.75) is 18.9 Å². The van der Waals surface area contributed by atoms with E-state index in [1.54, 1.807) is 12.5 Å². The average Bonchev–Trinajstić information content (AvgIpc) is 1.85. The lowest BCUT2D eigenvalue weighted by molar-refractivity contribution is 0.461. The predicted octanol–water partition coefficient (Wildman–Crippen LogP) is 0.466. The van der Waals surface area contributed by atoms with Crippen molar-refractivity contribution in [2.75, 3.05) is 25.6 Å². The third-order valence-electron chi connectivity index (χ3n) is 1.71. The Kier molecular flexibility index (Phi) is 2.90. The fourth-order valence-corrected chi connectivity index (χ4v) is 2.20. The van der Waals surface area contributed by atoms with Crippen LogP contribution in [0.25, 0.3) is 0 Å². The van der Waals surface area contributed by atoms with Gasteiger partial charge in [0.1, 0.15) is 0 Å². The fraction of sp³-hybridized carbons (Fsp3) is 1.00. The molecule has 1 heterocycles. The molecule has 1 saturated heterocycles. The molecule has 1 aliphatic rings. The maximum Gasteiger partial charge on any atom is 0.0618 e. The van der Waals surface area contributed by atoms with Crippen molar-refractivity contribution in [2.24, 2.45) is 4.36 Å². The molecule has 0 aromatic rings. The summed E-state index contributed by atoms with van der Waals surface area (Å²) in [6, 6.07) is 0.332. The maximum absolute atomic E-state index is 11.3. The van der Waals surface area contributed by atoms with E-state index < -0.39 is 9.73 Å². The number of nitrogens with zero attached hydrogens (tertiary/aromatic N) is 1. The minimum Gasteiger partial charge on any atom is -0.317 e. The maximum atomic E-state index is 11.3. The third-order valence-corrected chi connectivity index (χ3v) is 2.52. The van der Waals surface area contributed by atoms with Crippen LogP contribution < -0.4 is 5.32 Å². The largest absolute Gasteiger partial charge is 0.317 e. The summed E-state index contributed by atoms with van der Waals surface area (Å²) in [6.07, 6.45) is 5.49. The molecule has 0 radical (unpaired) electrons. The first-order chi connectivity index (χ1) is 5.08. The second kappa shape index (κ2) is 3.54. The van der Waals surface area contributed by atoms with E-state index >= 15 is 0 Å². The van der Waals surface area contributed by atoms with Crippen molar-refractivity contribution in [1.29, 1.82) is 0 Å². The zero-order valence-corrected chi connectivity index (χ0v) is 7.99. The van der Waals surface area contributed by atoms with Gasteiger partial charge in [-0.2, -0.15) is 0 Å². The lowest BCUT2D eigenvalue weighted by Crippen LogP contribution is -2.30. The molecular weight excluding hydrogens is 160 g/mol. The van der Waals surface area contributed by atoms with Gasteiger partial charge in [-0.25, -0.2) is 4.36 Å². The van der Waals surface area contributed by atoms with Crippen molar-refractivity contribution < 1.29 is 4.21 Å². The van der Waals surface area contributed by atoms with Gasteiger partial charge in [0.15, 0.2) is 0 Å². The summed E-state index contributed by atoms with van der Waals surface area (Å²) < 4.78 is 15.5. The third kappa shape index (κ3) is 3.72. The van der Waals surface area contributed by atoms with E-state index in [1.807, 2.05) is 0 Å². The molecule has 0 aliphatic carbocycles. The minimum atomic E-state index is -1.88. The van der Waals surface area contributed by atoms with Crippen molar-refractivity contribution in [3.8, 4) is 0 Å². The first-order valence-corrected chi connectivity index (χ1v) is 6.28. The van der Waals surface area contributed by atoms with Crippen LogP contribution in [0.3, 0.4) is 0 Å². The van der Waals surface area contributed by atoms with Crippen molar-refractivity contribution >= 4 is 9.73 Å². The van der Waals surface area contributed by atoms with Crippen molar-refractivity contribution in [1.82, 2.24) is 5.32 Å². The molecule has 66 valence electrons. The number of rotatable bonds is 1. The number of piperidine rings is 1. The topological polar surface area (TPSA) is 41.5 Å². The second-order valence-electron chi connectivity index (χ2n) is 3.27. The van der Waals surface area contributed by atoms with Gasteiger partial charge in [-0.05, 0) is 25.9 Å². The Bertz CT molecular complexity index is 217. The van der Waals surface area contributed by atoms with Crippen LogP contribution in [0, 0.1) is 0 Å². The normalized spacial score (nSPS) is 21.6. The Morgan fingerprint density at radius 2 is 1.91 bits per heavy atom. The second-order valence-corrected chi connectivity index (χ2v) is 5.84. The molecule has 11 heavy (non-hydrogen) atoms. The van der Waals surface area contributed by atoms with E-state index in [0.717, 1.165) is 25.9 Å². The van der Waals surface area contributed by atoms with Crippen LogP contribution in [-0.4, -0.2) is 35.9 Å². The first-order valence-electron chi connectivity index (χ1n) is 3.95. The summed E-state index contributed by atoms with van der Waals surface area (Å²) in [4.78, 5) is 0. The molecule has 0 saturated carbocycles. The Balaban J connectivity index is 2.55. The van der Waals surface area contributed by atoms with Crippen LogP contribution in [0.2, 0.25) is 0 Å². The molecule has 4 heteroatoms. The van der Waals surface area contributed by atoms with Gasteiger partial charge in [0.05, 0.1) is 6.04 Å². The molecule has 1 aliphatic heterocycles. The van der Waals surface area contributed by atoms with E-state index in [0.29, 0.717) is 6.04 Å². The number of hydrogen-bond acceptors (Lipinski definition) is 3. The highest BCUT2D eigenvalue weighted by Crippen LogP contribution is 2.08. The highest BCUT2D eigenvalue weighted by Gasteiger charge is 2.11. The van der Waals surface area contributed by atoms with Gasteiger partial charge in [0.2, 0.25) is 0 Å². The lowest BCUT2D eigenvalue weighted by atomic mass is 10.1. The van der Waals surface area contributed by atoms with Crippen LogP contribution >= 0.6 is 0 Å². The molecule has 1 rings (SSSR count). The van der Waals surface area contributed by atoms with E-state index in [9.17, 15) is 4.21 Å². The fourth-order valence-electron chi connectivity index (χ4n) is 1.27. The SMILES string of the molecule is CS(C)(=O)=NC1CCNCC1. The van der Waals surface area contributed by atoms with Gasteiger partial charge in [-0.15, -0.1) is 0 Å². The Hall–Kier alpha value is -0.0900. The van der Waals surface area contributed by atoms with Gasteiger partial charge in [-0.3, -0.25) is 4.21 Å². The lowest BCUT2D eigenvalue weighted by Gasteiger charge is -2.19. The van der Waals surface area contributed by atoms with Crippen molar-refractivity contribution in [3.63, 3.8) is 0 Å². The summed E-state index contributed by atoms with van der Waals surface area (Å²) in [5.74, 6) is 0. The van der Waals surface area contributed by atoms with E-state index in [2.05, 4.69) is 9.68 Å². The van der Waals surface area contributed by atoms with Gasteiger partial charge >= 0.3 is 0 Å². The summed E-state index contributed by atoms with van der Waals surface area (Å²) in [6.45, 7) is 2.04. The molecule has 0 aromatic carbocycles. The van der Waals surface area contributed by atoms with Gasteiger partial charge < -0.3 is 5.32 Å². The Morgan fingerprint density at radius 1 is 1.36 bits per heavy atom. The number of hydrogen-bond donors (Lipinski definition) is 1. The predicted molar refractivity (Wildman–Crippen MR) is 48.3 cm³/mol. The quantitative estimate of drug-likeness (QED) is 0.631. The summed E-state index contributed by atoms with van der Waals surface area (Å²) in [5, 5.41) is 3.25. The first kappa shape index (κ1) is 9.00. The Morgan fingerprint density at radius 3 is 2.36 bits per heavy atom. The zero-order valence-electron chi connectivity index (χ0n) is 7.17. The molecule has 1 fully saturated rings. The zero-order chi connectivity index (χ0) is 8.32. The Labute approximate surface area is 68.8 Å². The molecule has 0 atom stereocenters. The molecule has 0 amide bonds. The molecule has 0 unspecified atom stereocenters. The van der Waals surface area contributed by atoms with Crippen LogP contribution in [0.1, 0.15) is 12.8 Å². The highest BCUT2D eigenvalue weighted by atomic mass is 32.2. The van der Waals surface area contributed by atoms with Gasteiger partial charge in [0.25, 0.3) is 0 Å². The molecule has 0 bridgehead atoms. The molecule has 3 nitrogen and oxygen atoms in total. The smallest absolute Gasteiger partial charge is 0.0618 e. The van der Waals surface area contributed by atoms with Crippen LogP contribution in [0.5, 0.6) is 0 Å². The molecule has 0 aromatic heterocycles.